The molecule has 1 amide bonds. The van der Waals surface area contributed by atoms with Gasteiger partial charge >= 0.3 is 7.12 Å². The minimum absolute atomic E-state index is 0.165. The van der Waals surface area contributed by atoms with Crippen LogP contribution in [0.3, 0.4) is 0 Å². The number of carbonyl (C=O) groups excluding carboxylic acids is 1. The lowest BCUT2D eigenvalue weighted by molar-refractivity contribution is -0.118. The summed E-state index contributed by atoms with van der Waals surface area (Å²) in [6.45, 7) is 11.2. The van der Waals surface area contributed by atoms with Gasteiger partial charge in [-0.15, -0.1) is 0 Å². The maximum Gasteiger partial charge on any atom is 0.492 e. The molecular weight excluding hydrogens is 308 g/mol. The van der Waals surface area contributed by atoms with Gasteiger partial charge in [-0.1, -0.05) is 24.3 Å². The molecule has 130 valence electrons. The lowest BCUT2D eigenvalue weighted by Gasteiger charge is -2.32. The van der Waals surface area contributed by atoms with Crippen LogP contribution in [0.1, 0.15) is 45.7 Å². The SMILES string of the molecule is CC(=O)NCC(=Cc1cccc(C)c1F)B1OC(C)(C)C(C)(C)O1. The highest BCUT2D eigenvalue weighted by atomic mass is 19.1. The predicted molar refractivity (Wildman–Crippen MR) is 93.9 cm³/mol. The second-order valence-electron chi connectivity index (χ2n) is 7.20. The first-order valence-electron chi connectivity index (χ1n) is 8.09. The van der Waals surface area contributed by atoms with Gasteiger partial charge in [0.2, 0.25) is 5.91 Å². The lowest BCUT2D eigenvalue weighted by Crippen LogP contribution is -2.41. The Balaban J connectivity index is 2.37. The van der Waals surface area contributed by atoms with E-state index in [9.17, 15) is 9.18 Å². The molecule has 1 aromatic carbocycles. The predicted octanol–water partition coefficient (Wildman–Crippen LogP) is 3.29. The summed E-state index contributed by atoms with van der Waals surface area (Å²) in [5, 5.41) is 2.74. The number of rotatable bonds is 4. The minimum atomic E-state index is -0.637. The number of hydrogen-bond acceptors (Lipinski definition) is 3. The monoisotopic (exact) mass is 333 g/mol. The van der Waals surface area contributed by atoms with Crippen molar-refractivity contribution in [3.63, 3.8) is 0 Å². The molecular formula is C18H25BFNO3. The Bertz CT molecular complexity index is 654. The Morgan fingerprint density at radius 3 is 2.38 bits per heavy atom. The topological polar surface area (TPSA) is 47.6 Å². The molecule has 1 fully saturated rings. The van der Waals surface area contributed by atoms with Gasteiger partial charge in [0.25, 0.3) is 0 Å². The van der Waals surface area contributed by atoms with Crippen molar-refractivity contribution in [3.8, 4) is 0 Å². The van der Waals surface area contributed by atoms with E-state index >= 15 is 0 Å². The first-order chi connectivity index (χ1) is 11.0. The fraction of sp³-hybridized carbons (Fsp3) is 0.500. The van der Waals surface area contributed by atoms with Gasteiger partial charge in [-0.05, 0) is 45.7 Å². The van der Waals surface area contributed by atoms with Crippen molar-refractivity contribution in [2.45, 2.75) is 52.7 Å². The quantitative estimate of drug-likeness (QED) is 0.860. The summed E-state index contributed by atoms with van der Waals surface area (Å²) in [6, 6.07) is 5.21. The number of benzene rings is 1. The highest BCUT2D eigenvalue weighted by Crippen LogP contribution is 2.38. The van der Waals surface area contributed by atoms with Crippen molar-refractivity contribution in [1.29, 1.82) is 0 Å². The molecule has 0 saturated carbocycles. The van der Waals surface area contributed by atoms with E-state index in [1.165, 1.54) is 6.92 Å². The number of aryl methyl sites for hydroxylation is 1. The van der Waals surface area contributed by atoms with Crippen LogP contribution in [-0.2, 0) is 14.1 Å². The van der Waals surface area contributed by atoms with Crippen molar-refractivity contribution in [1.82, 2.24) is 5.32 Å². The second-order valence-corrected chi connectivity index (χ2v) is 7.20. The number of hydrogen-bond donors (Lipinski definition) is 1. The number of amides is 1. The summed E-state index contributed by atoms with van der Waals surface area (Å²) < 4.78 is 26.4. The van der Waals surface area contributed by atoms with Crippen LogP contribution >= 0.6 is 0 Å². The second kappa shape index (κ2) is 6.69. The van der Waals surface area contributed by atoms with E-state index in [-0.39, 0.29) is 18.3 Å². The van der Waals surface area contributed by atoms with Crippen LogP contribution in [0.15, 0.2) is 23.7 Å². The van der Waals surface area contributed by atoms with Gasteiger partial charge < -0.3 is 14.6 Å². The average molecular weight is 333 g/mol. The van der Waals surface area contributed by atoms with Crippen LogP contribution in [0.4, 0.5) is 4.39 Å². The van der Waals surface area contributed by atoms with Crippen LogP contribution in [0.2, 0.25) is 0 Å². The molecule has 1 aromatic rings. The molecule has 0 aliphatic carbocycles. The molecule has 24 heavy (non-hydrogen) atoms. The van der Waals surface area contributed by atoms with Gasteiger partial charge in [0.1, 0.15) is 5.82 Å². The van der Waals surface area contributed by atoms with E-state index < -0.39 is 18.3 Å². The first-order valence-corrected chi connectivity index (χ1v) is 8.09. The normalized spacial score (nSPS) is 19.5. The van der Waals surface area contributed by atoms with E-state index in [1.807, 2.05) is 27.7 Å². The minimum Gasteiger partial charge on any atom is -0.400 e. The van der Waals surface area contributed by atoms with Crippen LogP contribution in [0, 0.1) is 12.7 Å². The molecule has 1 aliphatic heterocycles. The summed E-state index contributed by atoms with van der Waals surface area (Å²) in [6.07, 6.45) is 1.69. The molecule has 1 N–H and O–H groups in total. The highest BCUT2D eigenvalue weighted by molar-refractivity contribution is 6.56. The summed E-state index contributed by atoms with van der Waals surface area (Å²) >= 11 is 0. The fourth-order valence-corrected chi connectivity index (χ4v) is 2.40. The summed E-state index contributed by atoms with van der Waals surface area (Å²) in [7, 11) is -0.637. The van der Waals surface area contributed by atoms with Gasteiger partial charge in [-0.3, -0.25) is 4.79 Å². The molecule has 6 heteroatoms. The molecule has 0 bridgehead atoms. The number of nitrogens with one attached hydrogen (secondary N) is 1. The molecule has 0 spiro atoms. The van der Waals surface area contributed by atoms with Crippen molar-refractivity contribution in [2.75, 3.05) is 6.54 Å². The number of carbonyl (C=O) groups is 1. The Hall–Kier alpha value is -1.66. The fourth-order valence-electron chi connectivity index (χ4n) is 2.40. The third kappa shape index (κ3) is 3.87. The molecule has 1 saturated heterocycles. The zero-order valence-electron chi connectivity index (χ0n) is 15.2. The Morgan fingerprint density at radius 1 is 1.25 bits per heavy atom. The maximum absolute atomic E-state index is 14.3. The average Bonchev–Trinajstić information content (AvgIpc) is 2.67. The zero-order chi connectivity index (χ0) is 18.1. The summed E-state index contributed by atoms with van der Waals surface area (Å²) in [5.74, 6) is -0.448. The van der Waals surface area contributed by atoms with Crippen molar-refractivity contribution in [3.05, 3.63) is 40.6 Å². The molecule has 0 radical (unpaired) electrons. The summed E-state index contributed by atoms with van der Waals surface area (Å²) in [4.78, 5) is 11.3. The highest BCUT2D eigenvalue weighted by Gasteiger charge is 2.52. The Kier molecular flexibility index (Phi) is 5.21. The van der Waals surface area contributed by atoms with Crippen LogP contribution in [0.25, 0.3) is 6.08 Å². The van der Waals surface area contributed by atoms with Crippen LogP contribution < -0.4 is 5.32 Å². The first kappa shape index (κ1) is 18.7. The van der Waals surface area contributed by atoms with Gasteiger partial charge in [-0.25, -0.2) is 4.39 Å². The third-order valence-corrected chi connectivity index (χ3v) is 4.66. The Morgan fingerprint density at radius 2 is 1.83 bits per heavy atom. The smallest absolute Gasteiger partial charge is 0.400 e. The maximum atomic E-state index is 14.3. The van der Waals surface area contributed by atoms with E-state index in [0.717, 1.165) is 0 Å². The Labute approximate surface area is 143 Å². The molecule has 2 rings (SSSR count). The van der Waals surface area contributed by atoms with Crippen LogP contribution in [0.5, 0.6) is 0 Å². The van der Waals surface area contributed by atoms with E-state index in [1.54, 1.807) is 31.2 Å². The largest absolute Gasteiger partial charge is 0.492 e. The van der Waals surface area contributed by atoms with Gasteiger partial charge in [0.05, 0.1) is 11.2 Å². The van der Waals surface area contributed by atoms with Crippen molar-refractivity contribution < 1.29 is 18.5 Å². The molecule has 4 nitrogen and oxygen atoms in total. The standard InChI is InChI=1S/C18H25BFNO3/c1-12-8-7-9-14(16(12)20)10-15(11-21-13(2)22)19-23-17(3,4)18(5,6)24-19/h7-10H,11H2,1-6H3,(H,21,22). The molecule has 0 atom stereocenters. The van der Waals surface area contributed by atoms with E-state index in [2.05, 4.69) is 5.32 Å². The van der Waals surface area contributed by atoms with Gasteiger partial charge in [0.15, 0.2) is 0 Å². The van der Waals surface area contributed by atoms with E-state index in [4.69, 9.17) is 9.31 Å². The lowest BCUT2D eigenvalue weighted by atomic mass is 9.77. The third-order valence-electron chi connectivity index (χ3n) is 4.66. The van der Waals surface area contributed by atoms with Crippen molar-refractivity contribution >= 4 is 19.1 Å². The van der Waals surface area contributed by atoms with E-state index in [0.29, 0.717) is 16.6 Å². The molecule has 0 aromatic heterocycles. The summed E-state index contributed by atoms with van der Waals surface area (Å²) in [5.41, 5.74) is 0.686. The van der Waals surface area contributed by atoms with Gasteiger partial charge in [0, 0.05) is 19.0 Å². The number of halogens is 1. The molecule has 0 unspecified atom stereocenters. The van der Waals surface area contributed by atoms with Crippen LogP contribution in [-0.4, -0.2) is 30.8 Å². The molecule has 1 aliphatic rings. The molecule has 1 heterocycles. The van der Waals surface area contributed by atoms with Gasteiger partial charge in [-0.2, -0.15) is 0 Å². The zero-order valence-corrected chi connectivity index (χ0v) is 15.2. The van der Waals surface area contributed by atoms with Crippen molar-refractivity contribution in [2.24, 2.45) is 0 Å².